The fraction of sp³-hybridized carbons (Fsp3) is 0.286. The molecule has 2 aromatic heterocycles. The summed E-state index contributed by atoms with van der Waals surface area (Å²) in [4.78, 5) is 29.9. The van der Waals surface area contributed by atoms with Crippen LogP contribution in [-0.2, 0) is 28.3 Å². The third kappa shape index (κ3) is 2.26. The number of carbonyl (C=O) groups is 1. The highest BCUT2D eigenvalue weighted by Gasteiger charge is 2.39. The van der Waals surface area contributed by atoms with E-state index in [2.05, 4.69) is 6.07 Å². The molecular formula is C21H18N2O4. The fourth-order valence-electron chi connectivity index (χ4n) is 4.12. The number of para-hydroxylation sites is 1. The Labute approximate surface area is 155 Å². The zero-order chi connectivity index (χ0) is 18.8. The Hall–Kier alpha value is -2.99. The summed E-state index contributed by atoms with van der Waals surface area (Å²) in [5.74, 6) is -0.496. The number of esters is 1. The Morgan fingerprint density at radius 2 is 2.07 bits per heavy atom. The normalized spacial score (nSPS) is 20.6. The van der Waals surface area contributed by atoms with E-state index in [9.17, 15) is 14.7 Å². The van der Waals surface area contributed by atoms with Crippen molar-refractivity contribution in [2.24, 2.45) is 0 Å². The van der Waals surface area contributed by atoms with Crippen molar-refractivity contribution in [1.29, 1.82) is 0 Å². The molecule has 27 heavy (non-hydrogen) atoms. The lowest BCUT2D eigenvalue weighted by Crippen LogP contribution is -2.32. The van der Waals surface area contributed by atoms with Crippen molar-refractivity contribution >= 4 is 16.9 Å². The number of aromatic nitrogens is 2. The summed E-state index contributed by atoms with van der Waals surface area (Å²) < 4.78 is 6.84. The van der Waals surface area contributed by atoms with Gasteiger partial charge in [-0.15, -0.1) is 0 Å². The fourth-order valence-corrected chi connectivity index (χ4v) is 4.12. The van der Waals surface area contributed by atoms with Gasteiger partial charge in [0.25, 0.3) is 5.56 Å². The molecule has 0 saturated heterocycles. The van der Waals surface area contributed by atoms with Gasteiger partial charge in [-0.25, -0.2) is 4.98 Å². The van der Waals surface area contributed by atoms with Crippen molar-refractivity contribution < 1.29 is 14.6 Å². The van der Waals surface area contributed by atoms with E-state index in [-0.39, 0.29) is 18.6 Å². The van der Waals surface area contributed by atoms with Crippen LogP contribution >= 0.6 is 0 Å². The number of hydrogen-bond donors (Lipinski definition) is 1. The predicted molar refractivity (Wildman–Crippen MR) is 99.1 cm³/mol. The third-order valence-corrected chi connectivity index (χ3v) is 5.67. The second-order valence-electron chi connectivity index (χ2n) is 7.22. The van der Waals surface area contributed by atoms with Crippen LogP contribution in [0.3, 0.4) is 0 Å². The molecule has 6 nitrogen and oxygen atoms in total. The summed E-state index contributed by atoms with van der Waals surface area (Å²) in [7, 11) is 0. The van der Waals surface area contributed by atoms with Crippen molar-refractivity contribution in [3.05, 3.63) is 63.4 Å². The number of hydrogen-bond acceptors (Lipinski definition) is 5. The summed E-state index contributed by atoms with van der Waals surface area (Å²) in [6.45, 7) is 2.11. The Kier molecular flexibility index (Phi) is 3.30. The highest BCUT2D eigenvalue weighted by molar-refractivity contribution is 5.84. The zero-order valence-corrected chi connectivity index (χ0v) is 14.9. The molecule has 1 atom stereocenters. The van der Waals surface area contributed by atoms with E-state index in [1.165, 1.54) is 0 Å². The molecule has 0 unspecified atom stereocenters. The van der Waals surface area contributed by atoms with E-state index in [1.54, 1.807) is 11.5 Å². The molecular weight excluding hydrogens is 344 g/mol. The monoisotopic (exact) mass is 362 g/mol. The van der Waals surface area contributed by atoms with E-state index in [4.69, 9.17) is 9.72 Å². The van der Waals surface area contributed by atoms with Gasteiger partial charge in [-0.05, 0) is 30.2 Å². The topological polar surface area (TPSA) is 81.4 Å². The number of cyclic esters (lactones) is 1. The summed E-state index contributed by atoms with van der Waals surface area (Å²) in [5, 5.41) is 12.1. The lowest BCUT2D eigenvalue weighted by atomic mass is 9.85. The van der Waals surface area contributed by atoms with Crippen LogP contribution in [0, 0.1) is 0 Å². The molecule has 0 amide bonds. The van der Waals surface area contributed by atoms with Gasteiger partial charge in [0, 0.05) is 10.9 Å². The Morgan fingerprint density at radius 1 is 1.26 bits per heavy atom. The second kappa shape index (κ2) is 5.50. The third-order valence-electron chi connectivity index (χ3n) is 5.67. The van der Waals surface area contributed by atoms with Gasteiger partial charge in [0.05, 0.1) is 35.4 Å². The largest absolute Gasteiger partial charge is 0.460 e. The summed E-state index contributed by atoms with van der Waals surface area (Å²) in [6, 6.07) is 11.7. The van der Waals surface area contributed by atoms with Crippen molar-refractivity contribution in [2.45, 2.75) is 38.5 Å². The van der Waals surface area contributed by atoms with Crippen LogP contribution in [0.15, 0.2) is 41.2 Å². The molecule has 136 valence electrons. The SMILES string of the molecule is CC[C@]1(O)CC(=O)OCc2c1cc1n(c2=O)Cc2cc3ccccc3nc2-1. The summed E-state index contributed by atoms with van der Waals surface area (Å²) in [5.41, 5.74) is 2.47. The van der Waals surface area contributed by atoms with Gasteiger partial charge >= 0.3 is 5.97 Å². The maximum atomic E-state index is 13.2. The van der Waals surface area contributed by atoms with Gasteiger partial charge in [-0.1, -0.05) is 25.1 Å². The van der Waals surface area contributed by atoms with Crippen LogP contribution in [0.5, 0.6) is 0 Å². The van der Waals surface area contributed by atoms with Crippen LogP contribution in [0.1, 0.15) is 36.5 Å². The van der Waals surface area contributed by atoms with Crippen LogP contribution in [0.2, 0.25) is 0 Å². The van der Waals surface area contributed by atoms with Gasteiger partial charge in [0.2, 0.25) is 0 Å². The highest BCUT2D eigenvalue weighted by Crippen LogP contribution is 2.38. The van der Waals surface area contributed by atoms with Crippen LogP contribution < -0.4 is 5.56 Å². The molecule has 0 fully saturated rings. The van der Waals surface area contributed by atoms with Gasteiger partial charge in [-0.3, -0.25) is 9.59 Å². The number of ether oxygens (including phenoxy) is 1. The minimum absolute atomic E-state index is 0.110. The average molecular weight is 362 g/mol. The number of fused-ring (bicyclic) bond motifs is 5. The van der Waals surface area contributed by atoms with Crippen molar-refractivity contribution in [1.82, 2.24) is 9.55 Å². The Balaban J connectivity index is 1.79. The number of carbonyl (C=O) groups excluding carboxylic acids is 1. The lowest BCUT2D eigenvalue weighted by molar-refractivity contribution is -0.149. The van der Waals surface area contributed by atoms with Crippen LogP contribution in [-0.4, -0.2) is 20.6 Å². The molecule has 3 aromatic rings. The number of nitrogens with zero attached hydrogens (tertiary/aromatic N) is 2. The molecule has 1 N–H and O–H groups in total. The molecule has 0 saturated carbocycles. The Morgan fingerprint density at radius 3 is 2.89 bits per heavy atom. The Bertz CT molecular complexity index is 1180. The van der Waals surface area contributed by atoms with E-state index >= 15 is 0 Å². The standard InChI is InChI=1S/C21H18N2O4/c1-2-21(26)9-18(24)27-11-14-15(21)8-17-19-13(10-23(17)20(14)25)7-12-5-3-4-6-16(12)22-19/h3-8,26H,2,9-11H2,1H3/t21-/m0/s1. The molecule has 0 spiro atoms. The molecule has 0 bridgehead atoms. The number of rotatable bonds is 1. The first-order chi connectivity index (χ1) is 13.0. The van der Waals surface area contributed by atoms with E-state index < -0.39 is 11.6 Å². The summed E-state index contributed by atoms with van der Waals surface area (Å²) in [6.07, 6.45) is 0.160. The zero-order valence-electron chi connectivity index (χ0n) is 14.9. The molecule has 6 heteroatoms. The first-order valence-corrected chi connectivity index (χ1v) is 9.04. The van der Waals surface area contributed by atoms with Gasteiger partial charge in [0.1, 0.15) is 12.2 Å². The van der Waals surface area contributed by atoms with Crippen molar-refractivity contribution in [3.8, 4) is 11.4 Å². The minimum atomic E-state index is -1.41. The minimum Gasteiger partial charge on any atom is -0.460 e. The smallest absolute Gasteiger partial charge is 0.309 e. The van der Waals surface area contributed by atoms with Gasteiger partial charge in [0.15, 0.2) is 0 Å². The van der Waals surface area contributed by atoms with E-state index in [0.717, 1.165) is 22.2 Å². The van der Waals surface area contributed by atoms with Crippen molar-refractivity contribution in [3.63, 3.8) is 0 Å². The molecule has 1 aromatic carbocycles. The second-order valence-corrected chi connectivity index (χ2v) is 7.22. The molecule has 5 rings (SSSR count). The molecule has 4 heterocycles. The summed E-state index contributed by atoms with van der Waals surface area (Å²) >= 11 is 0. The maximum absolute atomic E-state index is 13.2. The quantitative estimate of drug-likeness (QED) is 0.526. The maximum Gasteiger partial charge on any atom is 0.309 e. The first-order valence-electron chi connectivity index (χ1n) is 9.04. The number of benzene rings is 1. The predicted octanol–water partition coefficient (Wildman–Crippen LogP) is 2.47. The number of pyridine rings is 2. The molecule has 2 aliphatic rings. The van der Waals surface area contributed by atoms with Crippen LogP contribution in [0.4, 0.5) is 0 Å². The van der Waals surface area contributed by atoms with Gasteiger partial charge in [-0.2, -0.15) is 0 Å². The highest BCUT2D eigenvalue weighted by atomic mass is 16.5. The molecule has 0 aliphatic carbocycles. The van der Waals surface area contributed by atoms with Crippen molar-refractivity contribution in [2.75, 3.05) is 0 Å². The van der Waals surface area contributed by atoms with Crippen LogP contribution in [0.25, 0.3) is 22.3 Å². The van der Waals surface area contributed by atoms with E-state index in [0.29, 0.717) is 29.8 Å². The van der Waals surface area contributed by atoms with Gasteiger partial charge < -0.3 is 14.4 Å². The number of aliphatic hydroxyl groups is 1. The van der Waals surface area contributed by atoms with E-state index in [1.807, 2.05) is 30.3 Å². The molecule has 2 aliphatic heterocycles. The first kappa shape index (κ1) is 16.2. The molecule has 0 radical (unpaired) electrons. The average Bonchev–Trinajstić information content (AvgIpc) is 2.96. The lowest BCUT2D eigenvalue weighted by Gasteiger charge is -2.26.